The van der Waals surface area contributed by atoms with Crippen molar-refractivity contribution in [3.8, 4) is 0 Å². The SMILES string of the molecule is CCC(O)(CC)CNC(=O)CCc1ccccc1N. The average molecular weight is 264 g/mol. The molecule has 1 aromatic carbocycles. The van der Waals surface area contributed by atoms with Crippen molar-refractivity contribution in [1.29, 1.82) is 0 Å². The van der Waals surface area contributed by atoms with Crippen molar-refractivity contribution in [3.05, 3.63) is 29.8 Å². The second kappa shape index (κ2) is 7.14. The number of amides is 1. The first kappa shape index (κ1) is 15.5. The maximum Gasteiger partial charge on any atom is 0.220 e. The molecule has 0 saturated carbocycles. The molecule has 0 aliphatic carbocycles. The Hall–Kier alpha value is -1.55. The number of nitrogens with one attached hydrogen (secondary N) is 1. The van der Waals surface area contributed by atoms with Crippen LogP contribution in [0.15, 0.2) is 24.3 Å². The van der Waals surface area contributed by atoms with Gasteiger partial charge in [0.1, 0.15) is 0 Å². The Balaban J connectivity index is 2.39. The third-order valence-electron chi connectivity index (χ3n) is 3.61. The van der Waals surface area contributed by atoms with Gasteiger partial charge in [0.15, 0.2) is 0 Å². The van der Waals surface area contributed by atoms with Gasteiger partial charge in [-0.25, -0.2) is 0 Å². The van der Waals surface area contributed by atoms with E-state index in [1.807, 2.05) is 38.1 Å². The van der Waals surface area contributed by atoms with Gasteiger partial charge >= 0.3 is 0 Å². The molecule has 0 heterocycles. The summed E-state index contributed by atoms with van der Waals surface area (Å²) in [7, 11) is 0. The van der Waals surface area contributed by atoms with Gasteiger partial charge in [-0.15, -0.1) is 0 Å². The van der Waals surface area contributed by atoms with E-state index in [4.69, 9.17) is 5.73 Å². The van der Waals surface area contributed by atoms with Crippen LogP contribution >= 0.6 is 0 Å². The van der Waals surface area contributed by atoms with Crippen LogP contribution in [-0.4, -0.2) is 23.2 Å². The average Bonchev–Trinajstić information content (AvgIpc) is 2.44. The standard InChI is InChI=1S/C15H24N2O2/c1-3-15(19,4-2)11-17-14(18)10-9-12-7-5-6-8-13(12)16/h5-8,19H,3-4,9-11,16H2,1-2H3,(H,17,18). The Kier molecular flexibility index (Phi) is 5.83. The molecule has 1 amide bonds. The normalized spacial score (nSPS) is 11.3. The zero-order valence-electron chi connectivity index (χ0n) is 11.8. The molecule has 0 saturated heterocycles. The summed E-state index contributed by atoms with van der Waals surface area (Å²) in [5.74, 6) is -0.0522. The molecular weight excluding hydrogens is 240 g/mol. The molecule has 0 spiro atoms. The minimum atomic E-state index is -0.790. The highest BCUT2D eigenvalue weighted by Crippen LogP contribution is 2.14. The predicted molar refractivity (Wildman–Crippen MR) is 77.7 cm³/mol. The Morgan fingerprint density at radius 3 is 2.53 bits per heavy atom. The summed E-state index contributed by atoms with van der Waals surface area (Å²) in [5, 5.41) is 12.9. The number of hydrogen-bond acceptors (Lipinski definition) is 3. The van der Waals surface area contributed by atoms with Crippen LogP contribution < -0.4 is 11.1 Å². The summed E-state index contributed by atoms with van der Waals surface area (Å²) < 4.78 is 0. The Labute approximate surface area is 115 Å². The third kappa shape index (κ3) is 4.91. The van der Waals surface area contributed by atoms with Crippen LogP contribution in [0.5, 0.6) is 0 Å². The summed E-state index contributed by atoms with van der Waals surface area (Å²) in [6.45, 7) is 4.14. The first-order chi connectivity index (χ1) is 9.00. The summed E-state index contributed by atoms with van der Waals surface area (Å²) in [6.07, 6.45) is 2.28. The first-order valence-electron chi connectivity index (χ1n) is 6.83. The number of para-hydroxylation sites is 1. The predicted octanol–water partition coefficient (Wildman–Crippen LogP) is 1.87. The smallest absolute Gasteiger partial charge is 0.220 e. The Morgan fingerprint density at radius 1 is 1.32 bits per heavy atom. The van der Waals surface area contributed by atoms with Crippen molar-refractivity contribution in [1.82, 2.24) is 5.32 Å². The molecule has 0 unspecified atom stereocenters. The topological polar surface area (TPSA) is 75.3 Å². The molecule has 0 radical (unpaired) electrons. The number of carbonyl (C=O) groups excluding carboxylic acids is 1. The molecule has 0 aromatic heterocycles. The molecule has 0 aliphatic rings. The first-order valence-corrected chi connectivity index (χ1v) is 6.83. The van der Waals surface area contributed by atoms with E-state index in [1.165, 1.54) is 0 Å². The second-order valence-corrected chi connectivity index (χ2v) is 4.91. The van der Waals surface area contributed by atoms with Crippen LogP contribution in [0.1, 0.15) is 38.7 Å². The van der Waals surface area contributed by atoms with Gasteiger partial charge in [-0.05, 0) is 30.9 Å². The molecule has 0 fully saturated rings. The van der Waals surface area contributed by atoms with E-state index in [2.05, 4.69) is 5.32 Å². The fourth-order valence-corrected chi connectivity index (χ4v) is 1.86. The van der Waals surface area contributed by atoms with Gasteiger partial charge in [0.2, 0.25) is 5.91 Å². The van der Waals surface area contributed by atoms with Crippen LogP contribution in [0.3, 0.4) is 0 Å². The number of anilines is 1. The highest BCUT2D eigenvalue weighted by molar-refractivity contribution is 5.76. The third-order valence-corrected chi connectivity index (χ3v) is 3.61. The molecule has 0 bridgehead atoms. The van der Waals surface area contributed by atoms with E-state index < -0.39 is 5.60 Å². The quantitative estimate of drug-likeness (QED) is 0.658. The van der Waals surface area contributed by atoms with Crippen molar-refractivity contribution in [2.75, 3.05) is 12.3 Å². The summed E-state index contributed by atoms with van der Waals surface area (Å²) in [5.41, 5.74) is 6.73. The van der Waals surface area contributed by atoms with Gasteiger partial charge in [0.05, 0.1) is 5.60 Å². The van der Waals surface area contributed by atoms with Crippen LogP contribution in [0.2, 0.25) is 0 Å². The molecule has 1 aromatic rings. The molecule has 19 heavy (non-hydrogen) atoms. The molecule has 0 atom stereocenters. The summed E-state index contributed by atoms with van der Waals surface area (Å²) >= 11 is 0. The van der Waals surface area contributed by atoms with Crippen LogP contribution in [0.4, 0.5) is 5.69 Å². The van der Waals surface area contributed by atoms with E-state index in [-0.39, 0.29) is 5.91 Å². The highest BCUT2D eigenvalue weighted by atomic mass is 16.3. The van der Waals surface area contributed by atoms with Crippen molar-refractivity contribution in [2.45, 2.75) is 45.1 Å². The zero-order chi connectivity index (χ0) is 14.3. The minimum Gasteiger partial charge on any atom is -0.399 e. The zero-order valence-corrected chi connectivity index (χ0v) is 11.8. The van der Waals surface area contributed by atoms with Crippen LogP contribution in [-0.2, 0) is 11.2 Å². The van der Waals surface area contributed by atoms with Gasteiger partial charge in [0.25, 0.3) is 0 Å². The monoisotopic (exact) mass is 264 g/mol. The van der Waals surface area contributed by atoms with E-state index >= 15 is 0 Å². The van der Waals surface area contributed by atoms with Crippen molar-refractivity contribution in [2.24, 2.45) is 0 Å². The lowest BCUT2D eigenvalue weighted by Gasteiger charge is -2.25. The number of aryl methyl sites for hydroxylation is 1. The lowest BCUT2D eigenvalue weighted by atomic mass is 9.97. The fourth-order valence-electron chi connectivity index (χ4n) is 1.86. The van der Waals surface area contributed by atoms with Gasteiger partial charge in [-0.1, -0.05) is 32.0 Å². The van der Waals surface area contributed by atoms with Gasteiger partial charge in [0, 0.05) is 18.7 Å². The summed E-state index contributed by atoms with van der Waals surface area (Å²) in [6, 6.07) is 7.55. The van der Waals surface area contributed by atoms with Crippen molar-refractivity contribution in [3.63, 3.8) is 0 Å². The van der Waals surface area contributed by atoms with E-state index in [0.717, 1.165) is 5.56 Å². The Bertz CT molecular complexity index is 414. The molecule has 4 nitrogen and oxygen atoms in total. The van der Waals surface area contributed by atoms with E-state index in [1.54, 1.807) is 0 Å². The summed E-state index contributed by atoms with van der Waals surface area (Å²) in [4.78, 5) is 11.7. The molecule has 0 aliphatic heterocycles. The molecular formula is C15H24N2O2. The fraction of sp³-hybridized carbons (Fsp3) is 0.533. The molecule has 4 heteroatoms. The van der Waals surface area contributed by atoms with Gasteiger partial charge in [-0.2, -0.15) is 0 Å². The number of nitrogen functional groups attached to an aromatic ring is 1. The number of benzene rings is 1. The molecule has 106 valence electrons. The number of rotatable bonds is 7. The second-order valence-electron chi connectivity index (χ2n) is 4.91. The highest BCUT2D eigenvalue weighted by Gasteiger charge is 2.22. The largest absolute Gasteiger partial charge is 0.399 e. The lowest BCUT2D eigenvalue weighted by Crippen LogP contribution is -2.42. The maximum absolute atomic E-state index is 11.7. The van der Waals surface area contributed by atoms with Crippen LogP contribution in [0, 0.1) is 0 Å². The van der Waals surface area contributed by atoms with Gasteiger partial charge in [-0.3, -0.25) is 4.79 Å². The molecule has 4 N–H and O–H groups in total. The number of aliphatic hydroxyl groups is 1. The van der Waals surface area contributed by atoms with Crippen molar-refractivity contribution < 1.29 is 9.90 Å². The number of carbonyl (C=O) groups is 1. The van der Waals surface area contributed by atoms with E-state index in [9.17, 15) is 9.90 Å². The number of hydrogen-bond donors (Lipinski definition) is 3. The van der Waals surface area contributed by atoms with E-state index in [0.29, 0.717) is 37.9 Å². The maximum atomic E-state index is 11.7. The molecule has 1 rings (SSSR count). The van der Waals surface area contributed by atoms with Crippen molar-refractivity contribution >= 4 is 11.6 Å². The minimum absolute atomic E-state index is 0.0522. The lowest BCUT2D eigenvalue weighted by molar-refractivity contribution is -0.122. The van der Waals surface area contributed by atoms with Gasteiger partial charge < -0.3 is 16.2 Å². The Morgan fingerprint density at radius 2 is 1.95 bits per heavy atom. The van der Waals surface area contributed by atoms with Crippen LogP contribution in [0.25, 0.3) is 0 Å². The number of nitrogens with two attached hydrogens (primary N) is 1.